The molecule has 2 aliphatic rings. The van der Waals surface area contributed by atoms with Gasteiger partial charge in [0.15, 0.2) is 5.82 Å². The molecule has 2 aliphatic carbocycles. The molecule has 5 nitrogen and oxygen atoms in total. The molecule has 1 heterocycles. The SMILES string of the molecule is N#Cc1ccc(-c2nc(C3(CNC4CC4c4ccccc4)CCC3)no2)cc1. The van der Waals surface area contributed by atoms with Crippen molar-refractivity contribution < 1.29 is 4.52 Å². The number of nitriles is 1. The van der Waals surface area contributed by atoms with Crippen LogP contribution in [0.2, 0.25) is 0 Å². The summed E-state index contributed by atoms with van der Waals surface area (Å²) >= 11 is 0. The van der Waals surface area contributed by atoms with Gasteiger partial charge in [0.2, 0.25) is 0 Å². The van der Waals surface area contributed by atoms with E-state index in [4.69, 9.17) is 14.8 Å². The number of nitrogens with one attached hydrogen (secondary N) is 1. The summed E-state index contributed by atoms with van der Waals surface area (Å²) < 4.78 is 5.55. The lowest BCUT2D eigenvalue weighted by atomic mass is 9.68. The van der Waals surface area contributed by atoms with E-state index in [0.717, 1.165) is 30.8 Å². The average Bonchev–Trinajstić information content (AvgIpc) is 3.33. The summed E-state index contributed by atoms with van der Waals surface area (Å²) in [5, 5.41) is 17.0. The number of hydrogen-bond donors (Lipinski definition) is 1. The van der Waals surface area contributed by atoms with E-state index >= 15 is 0 Å². The molecule has 0 saturated heterocycles. The number of benzene rings is 2. The quantitative estimate of drug-likeness (QED) is 0.705. The van der Waals surface area contributed by atoms with E-state index in [0.29, 0.717) is 23.4 Å². The molecule has 2 fully saturated rings. The third kappa shape index (κ3) is 3.10. The van der Waals surface area contributed by atoms with Crippen LogP contribution in [0.3, 0.4) is 0 Å². The zero-order valence-corrected chi connectivity index (χ0v) is 15.6. The van der Waals surface area contributed by atoms with Gasteiger partial charge in [0.25, 0.3) is 5.89 Å². The van der Waals surface area contributed by atoms with E-state index in [2.05, 4.69) is 46.9 Å². The Bertz CT molecular complexity index is 999. The molecule has 2 aromatic carbocycles. The average molecular weight is 370 g/mol. The molecule has 0 radical (unpaired) electrons. The number of rotatable bonds is 6. The van der Waals surface area contributed by atoms with Gasteiger partial charge in [-0.2, -0.15) is 10.2 Å². The topological polar surface area (TPSA) is 74.7 Å². The Hall–Kier alpha value is -2.97. The second-order valence-corrected chi connectivity index (χ2v) is 7.99. The fourth-order valence-electron chi connectivity index (χ4n) is 4.14. The summed E-state index contributed by atoms with van der Waals surface area (Å²) in [6, 6.07) is 20.7. The molecule has 0 amide bonds. The molecule has 3 aromatic rings. The van der Waals surface area contributed by atoms with Crippen molar-refractivity contribution in [2.45, 2.75) is 43.1 Å². The van der Waals surface area contributed by atoms with Crippen LogP contribution in [0.15, 0.2) is 59.1 Å². The van der Waals surface area contributed by atoms with Crippen molar-refractivity contribution in [1.29, 1.82) is 5.26 Å². The molecule has 1 N–H and O–H groups in total. The van der Waals surface area contributed by atoms with Gasteiger partial charge in [0.05, 0.1) is 11.6 Å². The van der Waals surface area contributed by atoms with E-state index in [-0.39, 0.29) is 5.41 Å². The molecule has 5 heteroatoms. The molecule has 140 valence electrons. The van der Waals surface area contributed by atoms with Gasteiger partial charge in [-0.15, -0.1) is 0 Å². The summed E-state index contributed by atoms with van der Waals surface area (Å²) in [5.41, 5.74) is 2.88. The maximum absolute atomic E-state index is 8.94. The highest BCUT2D eigenvalue weighted by Crippen LogP contribution is 2.45. The van der Waals surface area contributed by atoms with Crippen molar-refractivity contribution in [3.63, 3.8) is 0 Å². The van der Waals surface area contributed by atoms with Crippen LogP contribution in [0.1, 0.15) is 48.6 Å². The van der Waals surface area contributed by atoms with Crippen molar-refractivity contribution in [3.8, 4) is 17.5 Å². The molecule has 0 bridgehead atoms. The molecule has 0 spiro atoms. The highest BCUT2D eigenvalue weighted by atomic mass is 16.5. The van der Waals surface area contributed by atoms with Gasteiger partial charge < -0.3 is 9.84 Å². The number of hydrogen-bond acceptors (Lipinski definition) is 5. The fraction of sp³-hybridized carbons (Fsp3) is 0.348. The lowest BCUT2D eigenvalue weighted by Crippen LogP contribution is -2.45. The molecule has 1 aromatic heterocycles. The van der Waals surface area contributed by atoms with Gasteiger partial charge in [-0.25, -0.2) is 0 Å². The Kier molecular flexibility index (Phi) is 4.22. The third-order valence-corrected chi connectivity index (χ3v) is 6.19. The van der Waals surface area contributed by atoms with E-state index in [1.165, 1.54) is 18.4 Å². The van der Waals surface area contributed by atoms with Gasteiger partial charge in [0.1, 0.15) is 0 Å². The first-order valence-electron chi connectivity index (χ1n) is 9.90. The van der Waals surface area contributed by atoms with Crippen LogP contribution in [0, 0.1) is 11.3 Å². The van der Waals surface area contributed by atoms with Crippen LogP contribution in [-0.2, 0) is 5.41 Å². The monoisotopic (exact) mass is 370 g/mol. The Balaban J connectivity index is 1.27. The maximum atomic E-state index is 8.94. The standard InChI is InChI=1S/C23H22N4O/c24-14-16-7-9-18(10-8-16)21-26-22(27-28-21)23(11-4-12-23)15-25-20-13-19(20)17-5-2-1-3-6-17/h1-3,5-10,19-20,25H,4,11-13,15H2. The number of nitrogens with zero attached hydrogens (tertiary/aromatic N) is 3. The summed E-state index contributed by atoms with van der Waals surface area (Å²) in [6.45, 7) is 0.896. The third-order valence-electron chi connectivity index (χ3n) is 6.19. The van der Waals surface area contributed by atoms with E-state index in [9.17, 15) is 0 Å². The van der Waals surface area contributed by atoms with Crippen LogP contribution in [0.25, 0.3) is 11.5 Å². The predicted molar refractivity (Wildman–Crippen MR) is 106 cm³/mol. The zero-order valence-electron chi connectivity index (χ0n) is 15.6. The van der Waals surface area contributed by atoms with Crippen LogP contribution in [0.5, 0.6) is 0 Å². The summed E-state index contributed by atoms with van der Waals surface area (Å²) in [7, 11) is 0. The largest absolute Gasteiger partial charge is 0.334 e. The minimum atomic E-state index is -0.0157. The van der Waals surface area contributed by atoms with Crippen LogP contribution in [0.4, 0.5) is 0 Å². The number of aromatic nitrogens is 2. The van der Waals surface area contributed by atoms with Crippen molar-refractivity contribution in [3.05, 3.63) is 71.5 Å². The Morgan fingerprint density at radius 3 is 2.57 bits per heavy atom. The first-order chi connectivity index (χ1) is 13.8. The fourth-order valence-corrected chi connectivity index (χ4v) is 4.14. The zero-order chi connectivity index (χ0) is 19.0. The van der Waals surface area contributed by atoms with E-state index < -0.39 is 0 Å². The van der Waals surface area contributed by atoms with Crippen LogP contribution >= 0.6 is 0 Å². The van der Waals surface area contributed by atoms with Crippen molar-refractivity contribution in [2.75, 3.05) is 6.54 Å². The summed E-state index contributed by atoms with van der Waals surface area (Å²) in [4.78, 5) is 4.71. The Morgan fingerprint density at radius 1 is 1.11 bits per heavy atom. The van der Waals surface area contributed by atoms with E-state index in [1.54, 1.807) is 12.1 Å². The van der Waals surface area contributed by atoms with Gasteiger partial charge >= 0.3 is 0 Å². The molecule has 28 heavy (non-hydrogen) atoms. The lowest BCUT2D eigenvalue weighted by molar-refractivity contribution is 0.211. The highest BCUT2D eigenvalue weighted by molar-refractivity contribution is 5.54. The predicted octanol–water partition coefficient (Wildman–Crippen LogP) is 4.18. The second kappa shape index (κ2) is 6.88. The molecular formula is C23H22N4O. The van der Waals surface area contributed by atoms with Gasteiger partial charge in [-0.05, 0) is 49.1 Å². The minimum Gasteiger partial charge on any atom is -0.334 e. The smallest absolute Gasteiger partial charge is 0.257 e. The summed E-state index contributed by atoms with van der Waals surface area (Å²) in [6.07, 6.45) is 4.59. The first-order valence-corrected chi connectivity index (χ1v) is 9.90. The maximum Gasteiger partial charge on any atom is 0.257 e. The van der Waals surface area contributed by atoms with E-state index in [1.807, 2.05) is 12.1 Å². The van der Waals surface area contributed by atoms with Crippen LogP contribution < -0.4 is 5.32 Å². The highest BCUT2D eigenvalue weighted by Gasteiger charge is 2.46. The molecular weight excluding hydrogens is 348 g/mol. The Morgan fingerprint density at radius 2 is 1.89 bits per heavy atom. The summed E-state index contributed by atoms with van der Waals surface area (Å²) in [5.74, 6) is 1.96. The molecule has 2 unspecified atom stereocenters. The van der Waals surface area contributed by atoms with Gasteiger partial charge in [0, 0.05) is 29.5 Å². The van der Waals surface area contributed by atoms with Gasteiger partial charge in [-0.3, -0.25) is 0 Å². The van der Waals surface area contributed by atoms with Crippen LogP contribution in [-0.4, -0.2) is 22.7 Å². The normalized spacial score (nSPS) is 22.2. The van der Waals surface area contributed by atoms with Gasteiger partial charge in [-0.1, -0.05) is 41.9 Å². The van der Waals surface area contributed by atoms with Crippen molar-refractivity contribution in [1.82, 2.24) is 15.5 Å². The molecule has 2 saturated carbocycles. The molecule has 0 aliphatic heterocycles. The molecule has 5 rings (SSSR count). The first kappa shape index (κ1) is 17.2. The lowest BCUT2D eigenvalue weighted by Gasteiger charge is -2.39. The molecule has 2 atom stereocenters. The Labute approximate surface area is 164 Å². The second-order valence-electron chi connectivity index (χ2n) is 7.99. The van der Waals surface area contributed by atoms with Crippen molar-refractivity contribution in [2.24, 2.45) is 0 Å². The van der Waals surface area contributed by atoms with Crippen molar-refractivity contribution >= 4 is 0 Å². The minimum absolute atomic E-state index is 0.0157.